The maximum absolute atomic E-state index is 13.0. The molecule has 0 radical (unpaired) electrons. The molecule has 1 atom stereocenters. The third kappa shape index (κ3) is 1.93. The highest BCUT2D eigenvalue weighted by atomic mass is 32.2. The van der Waals surface area contributed by atoms with Gasteiger partial charge >= 0.3 is 0 Å². The summed E-state index contributed by atoms with van der Waals surface area (Å²) >= 11 is 1.76. The fourth-order valence-corrected chi connectivity index (χ4v) is 3.12. The Morgan fingerprint density at radius 2 is 2.43 bits per heavy atom. The Bertz CT molecular complexity index is 327. The molecule has 0 aromatic heterocycles. The number of hydrogen-bond acceptors (Lipinski definition) is 2. The summed E-state index contributed by atoms with van der Waals surface area (Å²) in [4.78, 5) is 1.12. The molecular weight excluding hydrogens is 197 g/mol. The van der Waals surface area contributed by atoms with E-state index >= 15 is 0 Å². The van der Waals surface area contributed by atoms with Gasteiger partial charge in [0.05, 0.1) is 0 Å². The lowest BCUT2D eigenvalue weighted by atomic mass is 9.96. The van der Waals surface area contributed by atoms with Crippen LogP contribution in [0.25, 0.3) is 0 Å². The van der Waals surface area contributed by atoms with Gasteiger partial charge in [0.15, 0.2) is 0 Å². The Kier molecular flexibility index (Phi) is 3.08. The van der Waals surface area contributed by atoms with Crippen LogP contribution in [0, 0.1) is 5.82 Å². The highest BCUT2D eigenvalue weighted by Gasteiger charge is 2.20. The lowest BCUT2D eigenvalue weighted by Crippen LogP contribution is -2.20. The van der Waals surface area contributed by atoms with Crippen LogP contribution in [0.1, 0.15) is 17.9 Å². The molecule has 3 heteroatoms. The molecule has 2 rings (SSSR count). The molecule has 1 nitrogen and oxygen atoms in total. The summed E-state index contributed by atoms with van der Waals surface area (Å²) in [7, 11) is 1.96. The van der Waals surface area contributed by atoms with Gasteiger partial charge in [-0.15, -0.1) is 11.8 Å². The third-order valence-electron chi connectivity index (χ3n) is 2.59. The molecule has 1 N–H and O–H groups in total. The Hall–Kier alpha value is -0.540. The van der Waals surface area contributed by atoms with E-state index < -0.39 is 0 Å². The number of fused-ring (bicyclic) bond motifs is 1. The molecule has 1 aliphatic heterocycles. The van der Waals surface area contributed by atoms with Crippen molar-refractivity contribution in [2.45, 2.75) is 17.2 Å². The summed E-state index contributed by atoms with van der Waals surface area (Å²) < 4.78 is 13.0. The van der Waals surface area contributed by atoms with Gasteiger partial charge in [-0.25, -0.2) is 4.39 Å². The molecule has 1 aromatic carbocycles. The van der Waals surface area contributed by atoms with E-state index in [-0.39, 0.29) is 5.82 Å². The summed E-state index contributed by atoms with van der Waals surface area (Å²) in [5.74, 6) is 1.53. The fourth-order valence-electron chi connectivity index (χ4n) is 1.90. The normalized spacial score (nSPS) is 20.6. The first-order valence-corrected chi connectivity index (χ1v) is 5.86. The van der Waals surface area contributed by atoms with Crippen molar-refractivity contribution in [3.05, 3.63) is 29.6 Å². The van der Waals surface area contributed by atoms with Crippen molar-refractivity contribution in [2.24, 2.45) is 0 Å². The lowest BCUT2D eigenvalue weighted by Gasteiger charge is -2.24. The van der Waals surface area contributed by atoms with E-state index in [1.165, 1.54) is 12.0 Å². The standard InChI is InChI=1S/C11H14FNS/c1-13-7-8-4-5-14-11-6-9(12)2-3-10(8)11/h2-3,6,8,13H,4-5,7H2,1H3. The van der Waals surface area contributed by atoms with Gasteiger partial charge in [0.1, 0.15) is 5.82 Å². The average Bonchev–Trinajstić information content (AvgIpc) is 2.18. The predicted octanol–water partition coefficient (Wildman–Crippen LogP) is 2.62. The van der Waals surface area contributed by atoms with Crippen LogP contribution < -0.4 is 5.32 Å². The van der Waals surface area contributed by atoms with Gasteiger partial charge in [-0.1, -0.05) is 6.07 Å². The first-order valence-electron chi connectivity index (χ1n) is 4.88. The smallest absolute Gasteiger partial charge is 0.124 e. The maximum Gasteiger partial charge on any atom is 0.124 e. The van der Waals surface area contributed by atoms with Gasteiger partial charge in [0.25, 0.3) is 0 Å². The molecule has 1 aliphatic rings. The van der Waals surface area contributed by atoms with E-state index in [1.807, 2.05) is 13.1 Å². The van der Waals surface area contributed by atoms with Crippen molar-refractivity contribution in [3.63, 3.8) is 0 Å². The van der Waals surface area contributed by atoms with Crippen molar-refractivity contribution in [2.75, 3.05) is 19.3 Å². The molecule has 0 aliphatic carbocycles. The van der Waals surface area contributed by atoms with E-state index in [4.69, 9.17) is 0 Å². The minimum absolute atomic E-state index is 0.124. The third-order valence-corrected chi connectivity index (χ3v) is 3.69. The zero-order chi connectivity index (χ0) is 9.97. The first kappa shape index (κ1) is 9.99. The van der Waals surface area contributed by atoms with Crippen molar-refractivity contribution >= 4 is 11.8 Å². The van der Waals surface area contributed by atoms with Crippen molar-refractivity contribution < 1.29 is 4.39 Å². The molecule has 76 valence electrons. The number of nitrogens with one attached hydrogen (secondary N) is 1. The molecule has 0 fully saturated rings. The van der Waals surface area contributed by atoms with Gasteiger partial charge in [-0.3, -0.25) is 0 Å². The van der Waals surface area contributed by atoms with Gasteiger partial charge in [0, 0.05) is 11.4 Å². The van der Waals surface area contributed by atoms with E-state index in [0.717, 1.165) is 17.2 Å². The van der Waals surface area contributed by atoms with Crippen LogP contribution in [-0.2, 0) is 0 Å². The minimum atomic E-state index is -0.124. The molecule has 0 saturated heterocycles. The van der Waals surface area contributed by atoms with Crippen molar-refractivity contribution in [1.82, 2.24) is 5.32 Å². The molecule has 0 saturated carbocycles. The van der Waals surface area contributed by atoms with Crippen LogP contribution in [0.4, 0.5) is 4.39 Å². The molecule has 1 aromatic rings. The van der Waals surface area contributed by atoms with E-state index in [9.17, 15) is 4.39 Å². The topological polar surface area (TPSA) is 12.0 Å². The summed E-state index contributed by atoms with van der Waals surface area (Å²) in [6, 6.07) is 5.15. The Morgan fingerprint density at radius 3 is 3.21 bits per heavy atom. The molecule has 0 bridgehead atoms. The van der Waals surface area contributed by atoms with E-state index in [0.29, 0.717) is 5.92 Å². The number of halogens is 1. The highest BCUT2D eigenvalue weighted by Crippen LogP contribution is 2.37. The zero-order valence-electron chi connectivity index (χ0n) is 8.22. The Morgan fingerprint density at radius 1 is 1.57 bits per heavy atom. The van der Waals surface area contributed by atoms with Crippen molar-refractivity contribution in [1.29, 1.82) is 0 Å². The number of thioether (sulfide) groups is 1. The van der Waals surface area contributed by atoms with Gasteiger partial charge in [-0.05, 0) is 42.8 Å². The number of rotatable bonds is 2. The summed E-state index contributed by atoms with van der Waals surface area (Å²) in [5.41, 5.74) is 1.30. The SMILES string of the molecule is CNCC1CCSc2cc(F)ccc21. The van der Waals surface area contributed by atoms with Crippen LogP contribution in [-0.4, -0.2) is 19.3 Å². The van der Waals surface area contributed by atoms with Crippen LogP contribution in [0.15, 0.2) is 23.1 Å². The second-order valence-electron chi connectivity index (χ2n) is 3.57. The van der Waals surface area contributed by atoms with E-state index in [1.54, 1.807) is 23.9 Å². The zero-order valence-corrected chi connectivity index (χ0v) is 9.03. The highest BCUT2D eigenvalue weighted by molar-refractivity contribution is 7.99. The van der Waals surface area contributed by atoms with Crippen LogP contribution in [0.3, 0.4) is 0 Å². The number of hydrogen-bond donors (Lipinski definition) is 1. The largest absolute Gasteiger partial charge is 0.319 e. The predicted molar refractivity (Wildman–Crippen MR) is 58.4 cm³/mol. The first-order chi connectivity index (χ1) is 6.81. The van der Waals surface area contributed by atoms with Crippen LogP contribution in [0.2, 0.25) is 0 Å². The molecule has 0 spiro atoms. The molecule has 1 unspecified atom stereocenters. The van der Waals surface area contributed by atoms with Gasteiger partial charge < -0.3 is 5.32 Å². The van der Waals surface area contributed by atoms with Gasteiger partial charge in [0.2, 0.25) is 0 Å². The number of likely N-dealkylation sites (N-methyl/N-ethyl adjacent to an activating group) is 1. The molecule has 0 amide bonds. The van der Waals surface area contributed by atoms with Crippen LogP contribution in [0.5, 0.6) is 0 Å². The number of benzene rings is 1. The van der Waals surface area contributed by atoms with Crippen LogP contribution >= 0.6 is 11.8 Å². The molecule has 1 heterocycles. The molecular formula is C11H14FNS. The summed E-state index contributed by atoms with van der Waals surface area (Å²) in [6.45, 7) is 0.985. The summed E-state index contributed by atoms with van der Waals surface area (Å²) in [6.07, 6.45) is 1.18. The second kappa shape index (κ2) is 4.32. The minimum Gasteiger partial charge on any atom is -0.319 e. The quantitative estimate of drug-likeness (QED) is 0.807. The summed E-state index contributed by atoms with van der Waals surface area (Å²) in [5, 5.41) is 3.19. The lowest BCUT2D eigenvalue weighted by molar-refractivity contribution is 0.587. The fraction of sp³-hybridized carbons (Fsp3) is 0.455. The van der Waals surface area contributed by atoms with E-state index in [2.05, 4.69) is 5.32 Å². The monoisotopic (exact) mass is 211 g/mol. The van der Waals surface area contributed by atoms with Crippen molar-refractivity contribution in [3.8, 4) is 0 Å². The van der Waals surface area contributed by atoms with Gasteiger partial charge in [-0.2, -0.15) is 0 Å². The molecule has 14 heavy (non-hydrogen) atoms. The maximum atomic E-state index is 13.0. The second-order valence-corrected chi connectivity index (χ2v) is 4.71. The Balaban J connectivity index is 2.30. The average molecular weight is 211 g/mol. The Labute approximate surface area is 88.1 Å².